The Balaban J connectivity index is 2.08. The maximum Gasteiger partial charge on any atom is 0.337 e. The van der Waals surface area contributed by atoms with Crippen LogP contribution in [0.4, 0.5) is 14.9 Å². The van der Waals surface area contributed by atoms with E-state index in [2.05, 4.69) is 5.32 Å². The third-order valence-corrected chi connectivity index (χ3v) is 3.64. The molecule has 1 fully saturated rings. The van der Waals surface area contributed by atoms with Gasteiger partial charge in [0.1, 0.15) is 5.82 Å². The monoisotopic (exact) mass is 296 g/mol. The van der Waals surface area contributed by atoms with Gasteiger partial charge in [0.2, 0.25) is 0 Å². The maximum atomic E-state index is 13.7. The van der Waals surface area contributed by atoms with Crippen LogP contribution in [-0.4, -0.2) is 46.8 Å². The van der Waals surface area contributed by atoms with E-state index in [1.54, 1.807) is 0 Å². The van der Waals surface area contributed by atoms with Gasteiger partial charge in [-0.2, -0.15) is 0 Å². The average molecular weight is 296 g/mol. The van der Waals surface area contributed by atoms with E-state index in [9.17, 15) is 14.0 Å². The first-order valence-electron chi connectivity index (χ1n) is 6.71. The highest BCUT2D eigenvalue weighted by molar-refractivity contribution is 6.00. The first-order valence-corrected chi connectivity index (χ1v) is 6.71. The minimum atomic E-state index is -1.30. The molecule has 1 aromatic rings. The summed E-state index contributed by atoms with van der Waals surface area (Å²) >= 11 is 0. The van der Waals surface area contributed by atoms with Crippen molar-refractivity contribution in [1.82, 2.24) is 4.90 Å². The van der Waals surface area contributed by atoms with Crippen molar-refractivity contribution in [3.63, 3.8) is 0 Å². The molecule has 1 aliphatic heterocycles. The SMILES string of the molecule is O=C(O)c1cccc(F)c1NC(=O)N1CCC(CO)CC1. The number of amides is 2. The number of carboxylic acids is 1. The molecule has 6 nitrogen and oxygen atoms in total. The number of aromatic carboxylic acids is 1. The number of urea groups is 1. The molecule has 0 atom stereocenters. The Morgan fingerprint density at radius 3 is 2.57 bits per heavy atom. The van der Waals surface area contributed by atoms with E-state index in [-0.39, 0.29) is 23.8 Å². The molecule has 0 saturated carbocycles. The third-order valence-electron chi connectivity index (χ3n) is 3.64. The Kier molecular flexibility index (Phi) is 4.74. The Labute approximate surface area is 121 Å². The number of para-hydroxylation sites is 1. The van der Waals surface area contributed by atoms with Crippen LogP contribution >= 0.6 is 0 Å². The fourth-order valence-electron chi connectivity index (χ4n) is 2.33. The lowest BCUT2D eigenvalue weighted by Gasteiger charge is -2.31. The third kappa shape index (κ3) is 3.49. The van der Waals surface area contributed by atoms with Crippen molar-refractivity contribution in [2.45, 2.75) is 12.8 Å². The fraction of sp³-hybridized carbons (Fsp3) is 0.429. The Bertz CT molecular complexity index is 542. The zero-order chi connectivity index (χ0) is 15.4. The molecular formula is C14H17FN2O4. The topological polar surface area (TPSA) is 89.9 Å². The maximum absolute atomic E-state index is 13.7. The highest BCUT2D eigenvalue weighted by atomic mass is 19.1. The van der Waals surface area contributed by atoms with Gasteiger partial charge in [-0.3, -0.25) is 0 Å². The van der Waals surface area contributed by atoms with Gasteiger partial charge in [-0.25, -0.2) is 14.0 Å². The molecule has 2 rings (SSSR count). The number of carbonyl (C=O) groups excluding carboxylic acids is 1. The van der Waals surface area contributed by atoms with Crippen molar-refractivity contribution in [3.05, 3.63) is 29.6 Å². The van der Waals surface area contributed by atoms with Crippen molar-refractivity contribution in [2.75, 3.05) is 25.0 Å². The summed E-state index contributed by atoms with van der Waals surface area (Å²) in [5.41, 5.74) is -0.604. The second-order valence-corrected chi connectivity index (χ2v) is 5.01. The van der Waals surface area contributed by atoms with Gasteiger partial charge in [0, 0.05) is 19.7 Å². The van der Waals surface area contributed by atoms with Gasteiger partial charge in [-0.1, -0.05) is 6.07 Å². The van der Waals surface area contributed by atoms with Crippen LogP contribution in [-0.2, 0) is 0 Å². The normalized spacial score (nSPS) is 15.8. The van der Waals surface area contributed by atoms with E-state index in [1.807, 2.05) is 0 Å². The summed E-state index contributed by atoms with van der Waals surface area (Å²) in [6, 6.07) is 3.08. The molecule has 3 N–H and O–H groups in total. The second-order valence-electron chi connectivity index (χ2n) is 5.01. The second kappa shape index (κ2) is 6.53. The lowest BCUT2D eigenvalue weighted by Crippen LogP contribution is -2.42. The van der Waals surface area contributed by atoms with E-state index in [0.717, 1.165) is 6.07 Å². The Morgan fingerprint density at radius 1 is 1.33 bits per heavy atom. The number of likely N-dealkylation sites (tertiary alicyclic amines) is 1. The van der Waals surface area contributed by atoms with Crippen molar-refractivity contribution in [2.24, 2.45) is 5.92 Å². The molecule has 0 aliphatic carbocycles. The molecule has 21 heavy (non-hydrogen) atoms. The quantitative estimate of drug-likeness (QED) is 0.793. The van der Waals surface area contributed by atoms with E-state index in [1.165, 1.54) is 17.0 Å². The largest absolute Gasteiger partial charge is 0.478 e. The van der Waals surface area contributed by atoms with Crippen LogP contribution in [0.1, 0.15) is 23.2 Å². The van der Waals surface area contributed by atoms with E-state index >= 15 is 0 Å². The van der Waals surface area contributed by atoms with Crippen molar-refractivity contribution in [3.8, 4) is 0 Å². The van der Waals surface area contributed by atoms with Gasteiger partial charge in [0.25, 0.3) is 0 Å². The molecule has 0 bridgehead atoms. The van der Waals surface area contributed by atoms with Crippen molar-refractivity contribution < 1.29 is 24.2 Å². The smallest absolute Gasteiger partial charge is 0.337 e. The average Bonchev–Trinajstić information content (AvgIpc) is 2.49. The minimum Gasteiger partial charge on any atom is -0.478 e. The van der Waals surface area contributed by atoms with Crippen molar-refractivity contribution in [1.29, 1.82) is 0 Å². The Morgan fingerprint density at radius 2 is 2.00 bits per heavy atom. The number of carboxylic acid groups (broad SMARTS) is 1. The van der Waals surface area contributed by atoms with Crippen LogP contribution in [0.25, 0.3) is 0 Å². The number of nitrogens with one attached hydrogen (secondary N) is 1. The summed E-state index contributed by atoms with van der Waals surface area (Å²) in [5.74, 6) is -1.91. The van der Waals surface area contributed by atoms with Gasteiger partial charge in [-0.05, 0) is 30.9 Å². The van der Waals surface area contributed by atoms with Gasteiger partial charge < -0.3 is 20.4 Å². The predicted octanol–water partition coefficient (Wildman–Crippen LogP) is 1.76. The summed E-state index contributed by atoms with van der Waals surface area (Å²) in [6.45, 7) is 0.994. The highest BCUT2D eigenvalue weighted by Crippen LogP contribution is 2.22. The number of carbonyl (C=O) groups is 2. The van der Waals surface area contributed by atoms with Crippen LogP contribution in [0.3, 0.4) is 0 Å². The van der Waals surface area contributed by atoms with Crippen LogP contribution < -0.4 is 5.32 Å². The summed E-state index contributed by atoms with van der Waals surface area (Å²) in [6.07, 6.45) is 1.35. The molecule has 1 heterocycles. The van der Waals surface area contributed by atoms with E-state index in [0.29, 0.717) is 25.9 Å². The van der Waals surface area contributed by atoms with Crippen molar-refractivity contribution >= 4 is 17.7 Å². The fourth-order valence-corrected chi connectivity index (χ4v) is 2.33. The first-order chi connectivity index (χ1) is 10.0. The lowest BCUT2D eigenvalue weighted by atomic mass is 9.98. The predicted molar refractivity (Wildman–Crippen MR) is 73.8 cm³/mol. The summed E-state index contributed by atoms with van der Waals surface area (Å²) in [5, 5.41) is 20.4. The molecule has 2 amide bonds. The molecule has 0 aromatic heterocycles. The number of benzene rings is 1. The van der Waals surface area contributed by atoms with Gasteiger partial charge >= 0.3 is 12.0 Å². The molecule has 7 heteroatoms. The van der Waals surface area contributed by atoms with Gasteiger partial charge in [0.15, 0.2) is 0 Å². The number of aliphatic hydroxyl groups excluding tert-OH is 1. The number of halogens is 1. The molecule has 1 aliphatic rings. The lowest BCUT2D eigenvalue weighted by molar-refractivity contribution is 0.0697. The Hall–Kier alpha value is -2.15. The number of hydrogen-bond donors (Lipinski definition) is 3. The van der Waals surface area contributed by atoms with Crippen LogP contribution in [0, 0.1) is 11.7 Å². The van der Waals surface area contributed by atoms with Crippen LogP contribution in [0.5, 0.6) is 0 Å². The van der Waals surface area contributed by atoms with Crippen LogP contribution in [0.15, 0.2) is 18.2 Å². The molecule has 0 unspecified atom stereocenters. The summed E-state index contributed by atoms with van der Waals surface area (Å²) in [7, 11) is 0. The zero-order valence-electron chi connectivity index (χ0n) is 11.4. The molecule has 1 aromatic carbocycles. The van der Waals surface area contributed by atoms with Gasteiger partial charge in [-0.15, -0.1) is 0 Å². The number of nitrogens with zero attached hydrogens (tertiary/aromatic N) is 1. The summed E-state index contributed by atoms with van der Waals surface area (Å²) in [4.78, 5) is 24.6. The molecule has 0 radical (unpaired) electrons. The van der Waals surface area contributed by atoms with E-state index < -0.39 is 17.8 Å². The number of rotatable bonds is 3. The van der Waals surface area contributed by atoms with Crippen LogP contribution in [0.2, 0.25) is 0 Å². The number of piperidine rings is 1. The molecular weight excluding hydrogens is 279 g/mol. The molecule has 0 spiro atoms. The number of aliphatic hydroxyl groups is 1. The molecule has 1 saturated heterocycles. The zero-order valence-corrected chi connectivity index (χ0v) is 11.4. The minimum absolute atomic E-state index is 0.0892. The molecule has 114 valence electrons. The number of hydrogen-bond acceptors (Lipinski definition) is 3. The highest BCUT2D eigenvalue weighted by Gasteiger charge is 2.24. The summed E-state index contributed by atoms with van der Waals surface area (Å²) < 4.78 is 13.7. The van der Waals surface area contributed by atoms with Gasteiger partial charge in [0.05, 0.1) is 11.3 Å². The first kappa shape index (κ1) is 15.2. The van der Waals surface area contributed by atoms with E-state index in [4.69, 9.17) is 10.2 Å². The number of anilines is 1. The standard InChI is InChI=1S/C14H17FN2O4/c15-11-3-1-2-10(13(19)20)12(11)16-14(21)17-6-4-9(8-18)5-7-17/h1-3,9,18H,4-8H2,(H,16,21)(H,19,20).